The van der Waals surface area contributed by atoms with Gasteiger partial charge < -0.3 is 20.3 Å². The molecule has 0 saturated carbocycles. The van der Waals surface area contributed by atoms with Gasteiger partial charge in [-0.25, -0.2) is 4.79 Å². The molecule has 0 radical (unpaired) electrons. The Hall–Kier alpha value is -1.50. The van der Waals surface area contributed by atoms with Gasteiger partial charge in [0.05, 0.1) is 11.1 Å². The summed E-state index contributed by atoms with van der Waals surface area (Å²) in [4.78, 5) is 22.3. The number of halogens is 2. The molecule has 20 heavy (non-hydrogen) atoms. The average molecular weight is 322 g/mol. The average Bonchev–Trinajstić information content (AvgIpc) is 2.34. The number of aliphatic carboxylic acids is 1. The fourth-order valence-corrected chi connectivity index (χ4v) is 1.80. The molecule has 1 amide bonds. The smallest absolute Gasteiger partial charge is 0.328 e. The number of hydrogen-bond acceptors (Lipinski definition) is 4. The summed E-state index contributed by atoms with van der Waals surface area (Å²) < 4.78 is 5.14. The first kappa shape index (κ1) is 16.6. The van der Waals surface area contributed by atoms with Crippen molar-refractivity contribution in [3.05, 3.63) is 28.2 Å². The third-order valence-corrected chi connectivity index (χ3v) is 2.85. The minimum Gasteiger partial charge on any atom is -0.482 e. The van der Waals surface area contributed by atoms with Gasteiger partial charge in [-0.1, -0.05) is 23.2 Å². The molecular weight excluding hydrogens is 309 g/mol. The van der Waals surface area contributed by atoms with E-state index in [2.05, 4.69) is 5.32 Å². The Morgan fingerprint density at radius 2 is 2.05 bits per heavy atom. The lowest BCUT2D eigenvalue weighted by Gasteiger charge is -2.17. The van der Waals surface area contributed by atoms with Gasteiger partial charge in [0.1, 0.15) is 5.75 Å². The summed E-state index contributed by atoms with van der Waals surface area (Å²) in [6, 6.07) is 3.08. The molecule has 0 aliphatic rings. The molecule has 0 unspecified atom stereocenters. The Morgan fingerprint density at radius 1 is 1.40 bits per heavy atom. The lowest BCUT2D eigenvalue weighted by Crippen LogP contribution is -2.49. The Morgan fingerprint density at radius 3 is 2.55 bits per heavy atom. The summed E-state index contributed by atoms with van der Waals surface area (Å²) in [7, 11) is 0. The molecule has 6 nitrogen and oxygen atoms in total. The summed E-state index contributed by atoms with van der Waals surface area (Å²) in [5.41, 5.74) is 0. The summed E-state index contributed by atoms with van der Waals surface area (Å²) in [5.74, 6) is -1.78. The number of carboxylic acid groups (broad SMARTS) is 1. The molecule has 0 aromatic heterocycles. The number of carbonyl (C=O) groups excluding carboxylic acids is 1. The molecular formula is C12H13Cl2NO5. The van der Waals surface area contributed by atoms with Gasteiger partial charge in [0, 0.05) is 5.02 Å². The van der Waals surface area contributed by atoms with Gasteiger partial charge in [0.15, 0.2) is 12.6 Å². The zero-order valence-corrected chi connectivity index (χ0v) is 12.0. The quantitative estimate of drug-likeness (QED) is 0.734. The van der Waals surface area contributed by atoms with Crippen molar-refractivity contribution < 1.29 is 24.5 Å². The predicted molar refractivity (Wildman–Crippen MR) is 73.2 cm³/mol. The van der Waals surface area contributed by atoms with Crippen LogP contribution in [0.5, 0.6) is 5.75 Å². The SMILES string of the molecule is C[C@@H](O)[C@H](NC(=O)COc1ccc(Cl)cc1Cl)C(=O)O. The molecule has 110 valence electrons. The highest BCUT2D eigenvalue weighted by Crippen LogP contribution is 2.27. The number of amides is 1. The second kappa shape index (κ2) is 7.33. The molecule has 0 bridgehead atoms. The van der Waals surface area contributed by atoms with Crippen molar-refractivity contribution in [2.75, 3.05) is 6.61 Å². The van der Waals surface area contributed by atoms with Crippen LogP contribution in [0, 0.1) is 0 Å². The Balaban J connectivity index is 2.57. The fourth-order valence-electron chi connectivity index (χ4n) is 1.34. The van der Waals surface area contributed by atoms with Crippen LogP contribution in [-0.4, -0.2) is 40.8 Å². The third kappa shape index (κ3) is 4.88. The van der Waals surface area contributed by atoms with Gasteiger partial charge in [0.2, 0.25) is 0 Å². The molecule has 1 aromatic carbocycles. The van der Waals surface area contributed by atoms with Crippen molar-refractivity contribution in [2.45, 2.75) is 19.1 Å². The van der Waals surface area contributed by atoms with E-state index in [9.17, 15) is 14.7 Å². The maximum atomic E-state index is 11.5. The second-order valence-electron chi connectivity index (χ2n) is 3.99. The van der Waals surface area contributed by atoms with E-state index in [-0.39, 0.29) is 10.8 Å². The monoisotopic (exact) mass is 321 g/mol. The number of hydrogen-bond donors (Lipinski definition) is 3. The highest BCUT2D eigenvalue weighted by Gasteiger charge is 2.25. The minimum atomic E-state index is -1.40. The molecule has 2 atom stereocenters. The van der Waals surface area contributed by atoms with E-state index in [1.54, 1.807) is 0 Å². The molecule has 0 saturated heterocycles. The molecule has 1 rings (SSSR count). The summed E-state index contributed by atoms with van der Waals surface area (Å²) >= 11 is 11.6. The zero-order chi connectivity index (χ0) is 15.3. The van der Waals surface area contributed by atoms with Crippen LogP contribution in [-0.2, 0) is 9.59 Å². The number of aliphatic hydroxyl groups excluding tert-OH is 1. The zero-order valence-electron chi connectivity index (χ0n) is 10.5. The first-order valence-electron chi connectivity index (χ1n) is 5.59. The number of carbonyl (C=O) groups is 2. The van der Waals surface area contributed by atoms with Crippen LogP contribution in [0.25, 0.3) is 0 Å². The standard InChI is InChI=1S/C12H13Cl2NO5/c1-6(16)11(12(18)19)15-10(17)5-20-9-3-2-7(13)4-8(9)14/h2-4,6,11,16H,5H2,1H3,(H,15,17)(H,18,19)/t6-,11+/m1/s1. The number of carboxylic acids is 1. The number of nitrogens with one attached hydrogen (secondary N) is 1. The third-order valence-electron chi connectivity index (χ3n) is 2.32. The molecule has 0 fully saturated rings. The Labute approximate surface area is 125 Å². The number of ether oxygens (including phenoxy) is 1. The van der Waals surface area contributed by atoms with Gasteiger partial charge >= 0.3 is 5.97 Å². The topological polar surface area (TPSA) is 95.9 Å². The highest BCUT2D eigenvalue weighted by molar-refractivity contribution is 6.35. The van der Waals surface area contributed by atoms with Crippen molar-refractivity contribution in [1.82, 2.24) is 5.32 Å². The first-order chi connectivity index (χ1) is 9.31. The van der Waals surface area contributed by atoms with Crippen molar-refractivity contribution in [2.24, 2.45) is 0 Å². The highest BCUT2D eigenvalue weighted by atomic mass is 35.5. The normalized spacial score (nSPS) is 13.4. The minimum absolute atomic E-state index is 0.232. The van der Waals surface area contributed by atoms with Crippen molar-refractivity contribution >= 4 is 35.1 Å². The number of aliphatic hydroxyl groups is 1. The molecule has 0 aliphatic heterocycles. The molecule has 8 heteroatoms. The maximum absolute atomic E-state index is 11.5. The second-order valence-corrected chi connectivity index (χ2v) is 4.83. The van der Waals surface area contributed by atoms with Gasteiger partial charge in [0.25, 0.3) is 5.91 Å². The lowest BCUT2D eigenvalue weighted by atomic mass is 10.2. The number of benzene rings is 1. The van der Waals surface area contributed by atoms with E-state index in [0.717, 1.165) is 0 Å². The molecule has 0 heterocycles. The Bertz CT molecular complexity index is 507. The molecule has 0 aliphatic carbocycles. The van der Waals surface area contributed by atoms with Crippen LogP contribution < -0.4 is 10.1 Å². The van der Waals surface area contributed by atoms with Crippen molar-refractivity contribution in [3.8, 4) is 5.75 Å². The molecule has 1 aromatic rings. The van der Waals surface area contributed by atoms with E-state index in [0.29, 0.717) is 5.02 Å². The van der Waals surface area contributed by atoms with E-state index in [1.165, 1.54) is 25.1 Å². The number of rotatable bonds is 6. The largest absolute Gasteiger partial charge is 0.482 e. The first-order valence-corrected chi connectivity index (χ1v) is 6.35. The van der Waals surface area contributed by atoms with Crippen LogP contribution >= 0.6 is 23.2 Å². The summed E-state index contributed by atoms with van der Waals surface area (Å²) in [6.45, 7) is 0.827. The van der Waals surface area contributed by atoms with Gasteiger partial charge in [-0.2, -0.15) is 0 Å². The van der Waals surface area contributed by atoms with E-state index in [4.69, 9.17) is 33.0 Å². The summed E-state index contributed by atoms with van der Waals surface area (Å²) in [5, 5.41) is 20.8. The summed E-state index contributed by atoms with van der Waals surface area (Å²) in [6.07, 6.45) is -1.23. The van der Waals surface area contributed by atoms with Crippen LogP contribution in [0.4, 0.5) is 0 Å². The van der Waals surface area contributed by atoms with E-state index in [1.807, 2.05) is 0 Å². The van der Waals surface area contributed by atoms with Crippen LogP contribution in [0.15, 0.2) is 18.2 Å². The lowest BCUT2D eigenvalue weighted by molar-refractivity contribution is -0.145. The van der Waals surface area contributed by atoms with Crippen LogP contribution in [0.2, 0.25) is 10.0 Å². The fraction of sp³-hybridized carbons (Fsp3) is 0.333. The molecule has 0 spiro atoms. The van der Waals surface area contributed by atoms with Crippen molar-refractivity contribution in [3.63, 3.8) is 0 Å². The van der Waals surface area contributed by atoms with Crippen LogP contribution in [0.1, 0.15) is 6.92 Å². The van der Waals surface area contributed by atoms with Gasteiger partial charge in [-0.05, 0) is 25.1 Å². The van der Waals surface area contributed by atoms with E-state index < -0.39 is 30.6 Å². The van der Waals surface area contributed by atoms with Gasteiger partial charge in [-0.15, -0.1) is 0 Å². The maximum Gasteiger partial charge on any atom is 0.328 e. The van der Waals surface area contributed by atoms with Crippen molar-refractivity contribution in [1.29, 1.82) is 0 Å². The molecule has 3 N–H and O–H groups in total. The predicted octanol–water partition coefficient (Wildman–Crippen LogP) is 1.32. The van der Waals surface area contributed by atoms with Gasteiger partial charge in [-0.3, -0.25) is 4.79 Å². The van der Waals surface area contributed by atoms with Crippen LogP contribution in [0.3, 0.4) is 0 Å². The Kier molecular flexibility index (Phi) is 6.06. The van der Waals surface area contributed by atoms with E-state index >= 15 is 0 Å².